The minimum atomic E-state index is -3.38. The molecule has 0 unspecified atom stereocenters. The van der Waals surface area contributed by atoms with Crippen LogP contribution in [0.4, 0.5) is 0 Å². The smallest absolute Gasteiger partial charge is 0.243 e. The lowest BCUT2D eigenvalue weighted by atomic mass is 9.86. The van der Waals surface area contributed by atoms with Crippen LogP contribution < -0.4 is 4.90 Å². The summed E-state index contributed by atoms with van der Waals surface area (Å²) < 4.78 is 27.0. The van der Waals surface area contributed by atoms with E-state index in [2.05, 4.69) is 6.92 Å². The molecule has 0 radical (unpaired) electrons. The third-order valence-corrected chi connectivity index (χ3v) is 7.49. The zero-order valence-corrected chi connectivity index (χ0v) is 15.2. The van der Waals surface area contributed by atoms with Crippen LogP contribution in [0.15, 0.2) is 29.2 Å². The molecule has 3 rings (SSSR count). The Bertz CT molecular complexity index is 624. The topological polar surface area (TPSA) is 41.8 Å². The molecular formula is C17H26ClN2O2S+. The second-order valence-electron chi connectivity index (χ2n) is 6.98. The summed E-state index contributed by atoms with van der Waals surface area (Å²) in [6.07, 6.45) is 5.26. The molecule has 23 heavy (non-hydrogen) atoms. The Kier molecular flexibility index (Phi) is 5.31. The van der Waals surface area contributed by atoms with Crippen LogP contribution in [0.1, 0.15) is 32.6 Å². The first-order chi connectivity index (χ1) is 11.0. The highest BCUT2D eigenvalue weighted by molar-refractivity contribution is 7.89. The minimum Gasteiger partial charge on any atom is -0.330 e. The molecule has 1 aliphatic heterocycles. The van der Waals surface area contributed by atoms with Gasteiger partial charge in [-0.3, -0.25) is 0 Å². The van der Waals surface area contributed by atoms with Crippen LogP contribution in [0.5, 0.6) is 0 Å². The van der Waals surface area contributed by atoms with E-state index >= 15 is 0 Å². The first kappa shape index (κ1) is 17.2. The SMILES string of the molecule is C[C@H]1CCC[C@H]([NH+]2CCN(S(=O)(=O)c3ccc(Cl)cc3)CC2)C1. The highest BCUT2D eigenvalue weighted by atomic mass is 35.5. The monoisotopic (exact) mass is 357 g/mol. The molecule has 0 aromatic heterocycles. The number of rotatable bonds is 3. The summed E-state index contributed by atoms with van der Waals surface area (Å²) >= 11 is 5.85. The Morgan fingerprint density at radius 1 is 1.13 bits per heavy atom. The average Bonchev–Trinajstić information content (AvgIpc) is 2.55. The van der Waals surface area contributed by atoms with E-state index in [4.69, 9.17) is 11.6 Å². The molecule has 2 aliphatic rings. The quantitative estimate of drug-likeness (QED) is 0.896. The fraction of sp³-hybridized carbons (Fsp3) is 0.647. The van der Waals surface area contributed by atoms with Crippen molar-refractivity contribution in [1.82, 2.24) is 4.31 Å². The van der Waals surface area contributed by atoms with Gasteiger partial charge in [0.2, 0.25) is 10.0 Å². The first-order valence-electron chi connectivity index (χ1n) is 8.57. The summed E-state index contributed by atoms with van der Waals surface area (Å²) in [6, 6.07) is 7.19. The Morgan fingerprint density at radius 2 is 1.78 bits per heavy atom. The standard InChI is InChI=1S/C17H25ClN2O2S/c1-14-3-2-4-16(13-14)19-9-11-20(12-10-19)23(21,22)17-7-5-15(18)6-8-17/h5-8,14,16H,2-4,9-13H2,1H3/p+1/t14-,16-/m0/s1. The van der Waals surface area contributed by atoms with Crippen LogP contribution in [-0.4, -0.2) is 44.9 Å². The maximum atomic E-state index is 12.7. The number of piperazine rings is 1. The highest BCUT2D eigenvalue weighted by Gasteiger charge is 2.34. The molecule has 2 atom stereocenters. The molecule has 1 aromatic carbocycles. The number of nitrogens with one attached hydrogen (secondary N) is 1. The van der Waals surface area contributed by atoms with Gasteiger partial charge in [0.1, 0.15) is 0 Å². The van der Waals surface area contributed by atoms with Crippen LogP contribution in [-0.2, 0) is 10.0 Å². The first-order valence-corrected chi connectivity index (χ1v) is 10.4. The minimum absolute atomic E-state index is 0.344. The van der Waals surface area contributed by atoms with Gasteiger partial charge in [-0.05, 0) is 43.0 Å². The number of halogens is 1. The summed E-state index contributed by atoms with van der Waals surface area (Å²) in [7, 11) is -3.38. The predicted octanol–water partition coefficient (Wildman–Crippen LogP) is 1.81. The summed E-state index contributed by atoms with van der Waals surface area (Å²) in [4.78, 5) is 1.94. The Labute approximate surface area is 144 Å². The molecule has 0 amide bonds. The van der Waals surface area contributed by atoms with E-state index in [0.29, 0.717) is 23.0 Å². The van der Waals surface area contributed by atoms with Gasteiger partial charge in [-0.1, -0.05) is 24.9 Å². The van der Waals surface area contributed by atoms with Gasteiger partial charge in [-0.15, -0.1) is 0 Å². The molecule has 128 valence electrons. The van der Waals surface area contributed by atoms with Crippen LogP contribution in [0.25, 0.3) is 0 Å². The van der Waals surface area contributed by atoms with E-state index in [1.165, 1.54) is 25.7 Å². The molecule has 1 saturated carbocycles. The molecule has 4 nitrogen and oxygen atoms in total. The fourth-order valence-corrected chi connectivity index (χ4v) is 5.55. The van der Waals surface area contributed by atoms with Crippen molar-refractivity contribution in [3.8, 4) is 0 Å². The molecule has 6 heteroatoms. The van der Waals surface area contributed by atoms with Gasteiger partial charge in [0, 0.05) is 11.4 Å². The third kappa shape index (κ3) is 3.90. The molecule has 1 aromatic rings. The second-order valence-corrected chi connectivity index (χ2v) is 9.36. The zero-order valence-electron chi connectivity index (χ0n) is 13.7. The molecule has 2 fully saturated rings. The molecule has 1 aliphatic carbocycles. The van der Waals surface area contributed by atoms with Crippen molar-refractivity contribution in [3.05, 3.63) is 29.3 Å². The molecular weight excluding hydrogens is 332 g/mol. The molecule has 1 N–H and O–H groups in total. The molecule has 0 bridgehead atoms. The normalized spacial score (nSPS) is 27.9. The van der Waals surface area contributed by atoms with Crippen molar-refractivity contribution in [3.63, 3.8) is 0 Å². The summed E-state index contributed by atoms with van der Waals surface area (Å²) in [6.45, 7) is 5.41. The van der Waals surface area contributed by atoms with Crippen LogP contribution >= 0.6 is 11.6 Å². The zero-order chi connectivity index (χ0) is 16.4. The van der Waals surface area contributed by atoms with Gasteiger partial charge >= 0.3 is 0 Å². The van der Waals surface area contributed by atoms with Crippen molar-refractivity contribution in [1.29, 1.82) is 0 Å². The predicted molar refractivity (Wildman–Crippen MR) is 92.3 cm³/mol. The van der Waals surface area contributed by atoms with Crippen LogP contribution in [0.2, 0.25) is 5.02 Å². The molecule has 1 saturated heterocycles. The Morgan fingerprint density at radius 3 is 2.39 bits per heavy atom. The lowest BCUT2D eigenvalue weighted by molar-refractivity contribution is -0.930. The van der Waals surface area contributed by atoms with Crippen molar-refractivity contribution in [2.24, 2.45) is 5.92 Å². The molecule has 1 heterocycles. The van der Waals surface area contributed by atoms with Gasteiger partial charge in [0.25, 0.3) is 0 Å². The average molecular weight is 358 g/mol. The highest BCUT2D eigenvalue weighted by Crippen LogP contribution is 2.23. The number of hydrogen-bond donors (Lipinski definition) is 1. The number of benzene rings is 1. The third-order valence-electron chi connectivity index (χ3n) is 5.33. The van der Waals surface area contributed by atoms with Crippen molar-refractivity contribution >= 4 is 21.6 Å². The second kappa shape index (κ2) is 7.09. The largest absolute Gasteiger partial charge is 0.330 e. The number of sulfonamides is 1. The number of hydrogen-bond acceptors (Lipinski definition) is 2. The summed E-state index contributed by atoms with van der Waals surface area (Å²) in [5.41, 5.74) is 0. The van der Waals surface area contributed by atoms with Crippen molar-refractivity contribution in [2.75, 3.05) is 26.2 Å². The maximum absolute atomic E-state index is 12.7. The van der Waals surface area contributed by atoms with Crippen molar-refractivity contribution < 1.29 is 13.3 Å². The van der Waals surface area contributed by atoms with Crippen molar-refractivity contribution in [2.45, 2.75) is 43.5 Å². The van der Waals surface area contributed by atoms with Gasteiger partial charge < -0.3 is 4.90 Å². The molecule has 0 spiro atoms. The van der Waals surface area contributed by atoms with E-state index in [1.807, 2.05) is 0 Å². The van der Waals surface area contributed by atoms with Gasteiger partial charge in [0.05, 0.1) is 37.1 Å². The Hall–Kier alpha value is -0.620. The van der Waals surface area contributed by atoms with E-state index in [0.717, 1.165) is 25.0 Å². The van der Waals surface area contributed by atoms with Crippen LogP contribution in [0, 0.1) is 5.92 Å². The van der Waals surface area contributed by atoms with Gasteiger partial charge in [0.15, 0.2) is 0 Å². The number of quaternary nitrogens is 1. The lowest BCUT2D eigenvalue weighted by Crippen LogP contribution is -3.18. The maximum Gasteiger partial charge on any atom is 0.243 e. The van der Waals surface area contributed by atoms with Gasteiger partial charge in [-0.2, -0.15) is 4.31 Å². The van der Waals surface area contributed by atoms with Crippen LogP contribution in [0.3, 0.4) is 0 Å². The number of nitrogens with zero attached hydrogens (tertiary/aromatic N) is 1. The summed E-state index contributed by atoms with van der Waals surface area (Å²) in [5.74, 6) is 0.817. The van der Waals surface area contributed by atoms with Gasteiger partial charge in [-0.25, -0.2) is 8.42 Å². The Balaban J connectivity index is 1.63. The van der Waals surface area contributed by atoms with E-state index in [9.17, 15) is 8.42 Å². The van der Waals surface area contributed by atoms with E-state index < -0.39 is 10.0 Å². The summed E-state index contributed by atoms with van der Waals surface area (Å²) in [5, 5.41) is 0.560. The van der Waals surface area contributed by atoms with E-state index in [1.54, 1.807) is 33.5 Å². The lowest BCUT2D eigenvalue weighted by Gasteiger charge is -2.38. The fourth-order valence-electron chi connectivity index (χ4n) is 3.98. The van der Waals surface area contributed by atoms with E-state index in [-0.39, 0.29) is 0 Å².